The van der Waals surface area contributed by atoms with Crippen LogP contribution in [-0.2, 0) is 5.54 Å². The molecule has 27 heavy (non-hydrogen) atoms. The molecule has 0 unspecified atom stereocenters. The van der Waals surface area contributed by atoms with Crippen molar-refractivity contribution in [1.82, 2.24) is 0 Å². The molecule has 2 aliphatic heterocycles. The van der Waals surface area contributed by atoms with Crippen LogP contribution in [0, 0.1) is 18.8 Å². The maximum absolute atomic E-state index is 13.2. The molecule has 2 heterocycles. The SMILES string of the molecule is Cc1ccccc1C#C[C@@H]1c2ccccc2N2C(=O)c3ccccc3[C@]12C. The summed E-state index contributed by atoms with van der Waals surface area (Å²) >= 11 is 0. The van der Waals surface area contributed by atoms with Gasteiger partial charge in [0.25, 0.3) is 5.91 Å². The van der Waals surface area contributed by atoms with E-state index >= 15 is 0 Å². The smallest absolute Gasteiger partial charge is 0.259 e. The van der Waals surface area contributed by atoms with Crippen molar-refractivity contribution in [1.29, 1.82) is 0 Å². The van der Waals surface area contributed by atoms with Gasteiger partial charge in [-0.15, -0.1) is 0 Å². The van der Waals surface area contributed by atoms with E-state index in [1.54, 1.807) is 0 Å². The van der Waals surface area contributed by atoms with E-state index in [0.717, 1.165) is 27.9 Å². The number of para-hydroxylation sites is 1. The average Bonchev–Trinajstić information content (AvgIpc) is 3.08. The molecular weight excluding hydrogens is 330 g/mol. The number of benzene rings is 3. The van der Waals surface area contributed by atoms with E-state index < -0.39 is 5.54 Å². The number of anilines is 1. The van der Waals surface area contributed by atoms with Crippen molar-refractivity contribution in [2.24, 2.45) is 0 Å². The second-order valence-corrected chi connectivity index (χ2v) is 7.41. The van der Waals surface area contributed by atoms with Crippen molar-refractivity contribution in [3.05, 3.63) is 101 Å². The first-order chi connectivity index (χ1) is 13.1. The summed E-state index contributed by atoms with van der Waals surface area (Å²) in [4.78, 5) is 15.1. The Balaban J connectivity index is 1.74. The van der Waals surface area contributed by atoms with Crippen LogP contribution in [0.25, 0.3) is 0 Å². The fourth-order valence-electron chi connectivity index (χ4n) is 4.53. The Morgan fingerprint density at radius 2 is 1.63 bits per heavy atom. The Kier molecular flexibility index (Phi) is 3.29. The van der Waals surface area contributed by atoms with Crippen LogP contribution < -0.4 is 4.90 Å². The summed E-state index contributed by atoms with van der Waals surface area (Å²) in [5.41, 5.74) is 5.69. The van der Waals surface area contributed by atoms with Gasteiger partial charge in [0.05, 0.1) is 11.5 Å². The summed E-state index contributed by atoms with van der Waals surface area (Å²) in [5.74, 6) is 6.92. The van der Waals surface area contributed by atoms with Gasteiger partial charge in [0, 0.05) is 16.8 Å². The van der Waals surface area contributed by atoms with Gasteiger partial charge in [-0.2, -0.15) is 0 Å². The minimum atomic E-state index is -0.479. The van der Waals surface area contributed by atoms with Crippen molar-refractivity contribution in [2.45, 2.75) is 25.3 Å². The van der Waals surface area contributed by atoms with Crippen molar-refractivity contribution in [3.63, 3.8) is 0 Å². The first-order valence-corrected chi connectivity index (χ1v) is 9.22. The van der Waals surface area contributed by atoms with Gasteiger partial charge >= 0.3 is 0 Å². The van der Waals surface area contributed by atoms with Crippen LogP contribution in [0.5, 0.6) is 0 Å². The number of hydrogen-bond acceptors (Lipinski definition) is 1. The number of amides is 1. The maximum Gasteiger partial charge on any atom is 0.259 e. The third-order valence-corrected chi connectivity index (χ3v) is 5.92. The van der Waals surface area contributed by atoms with Gasteiger partial charge in [-0.25, -0.2) is 0 Å². The lowest BCUT2D eigenvalue weighted by Crippen LogP contribution is -2.40. The molecule has 0 fully saturated rings. The van der Waals surface area contributed by atoms with Gasteiger partial charge in [0.15, 0.2) is 0 Å². The molecular formula is C25H19NO. The Labute approximate surface area is 159 Å². The summed E-state index contributed by atoms with van der Waals surface area (Å²) in [7, 11) is 0. The summed E-state index contributed by atoms with van der Waals surface area (Å²) in [6, 6.07) is 24.3. The fraction of sp³-hybridized carbons (Fsp3) is 0.160. The second kappa shape index (κ2) is 5.59. The van der Waals surface area contributed by atoms with E-state index in [0.29, 0.717) is 0 Å². The van der Waals surface area contributed by atoms with Crippen LogP contribution in [0.2, 0.25) is 0 Å². The van der Waals surface area contributed by atoms with Crippen molar-refractivity contribution in [3.8, 4) is 11.8 Å². The number of carbonyl (C=O) groups excluding carboxylic acids is 1. The predicted molar refractivity (Wildman–Crippen MR) is 108 cm³/mol. The van der Waals surface area contributed by atoms with Crippen LogP contribution in [0.3, 0.4) is 0 Å². The summed E-state index contributed by atoms with van der Waals surface area (Å²) in [6.07, 6.45) is 0. The Hall–Kier alpha value is -3.31. The zero-order chi connectivity index (χ0) is 18.6. The molecule has 0 saturated carbocycles. The van der Waals surface area contributed by atoms with Crippen LogP contribution in [0.4, 0.5) is 5.69 Å². The number of hydrogen-bond donors (Lipinski definition) is 0. The third-order valence-electron chi connectivity index (χ3n) is 5.92. The zero-order valence-corrected chi connectivity index (χ0v) is 15.4. The fourth-order valence-corrected chi connectivity index (χ4v) is 4.53. The highest BCUT2D eigenvalue weighted by atomic mass is 16.2. The van der Waals surface area contributed by atoms with E-state index in [2.05, 4.69) is 50.0 Å². The highest BCUT2D eigenvalue weighted by Crippen LogP contribution is 2.57. The molecule has 1 amide bonds. The van der Waals surface area contributed by atoms with Gasteiger partial charge in [-0.05, 0) is 48.7 Å². The number of aryl methyl sites for hydroxylation is 1. The van der Waals surface area contributed by atoms with E-state index in [9.17, 15) is 4.79 Å². The molecule has 0 N–H and O–H groups in total. The lowest BCUT2D eigenvalue weighted by molar-refractivity contribution is 0.0982. The molecule has 0 saturated heterocycles. The zero-order valence-electron chi connectivity index (χ0n) is 15.4. The Bertz CT molecular complexity index is 1150. The largest absolute Gasteiger partial charge is 0.296 e. The number of rotatable bonds is 0. The number of nitrogens with zero attached hydrogens (tertiary/aromatic N) is 1. The molecule has 2 heteroatoms. The highest BCUT2D eigenvalue weighted by molar-refractivity contribution is 6.14. The molecule has 3 aromatic carbocycles. The van der Waals surface area contributed by atoms with Gasteiger partial charge in [0.1, 0.15) is 0 Å². The Morgan fingerprint density at radius 1 is 0.926 bits per heavy atom. The van der Waals surface area contributed by atoms with Crippen molar-refractivity contribution in [2.75, 3.05) is 4.90 Å². The van der Waals surface area contributed by atoms with E-state index in [-0.39, 0.29) is 11.8 Å². The van der Waals surface area contributed by atoms with E-state index in [4.69, 9.17) is 0 Å². The first-order valence-electron chi connectivity index (χ1n) is 9.22. The van der Waals surface area contributed by atoms with Crippen LogP contribution >= 0.6 is 0 Å². The number of fused-ring (bicyclic) bond motifs is 5. The molecule has 5 rings (SSSR count). The molecule has 2 atom stereocenters. The minimum absolute atomic E-state index is 0.0686. The normalized spacial score (nSPS) is 21.9. The second-order valence-electron chi connectivity index (χ2n) is 7.41. The average molecular weight is 349 g/mol. The molecule has 0 spiro atoms. The molecule has 2 aliphatic rings. The topological polar surface area (TPSA) is 20.3 Å². The van der Waals surface area contributed by atoms with Crippen molar-refractivity contribution < 1.29 is 4.79 Å². The predicted octanol–water partition coefficient (Wildman–Crippen LogP) is 5.02. The van der Waals surface area contributed by atoms with Crippen LogP contribution in [0.1, 0.15) is 45.5 Å². The molecule has 2 nitrogen and oxygen atoms in total. The summed E-state index contributed by atoms with van der Waals surface area (Å²) in [6.45, 7) is 4.23. The third kappa shape index (κ3) is 2.06. The van der Waals surface area contributed by atoms with Crippen LogP contribution in [-0.4, -0.2) is 5.91 Å². The van der Waals surface area contributed by atoms with Crippen LogP contribution in [0.15, 0.2) is 72.8 Å². The quantitative estimate of drug-likeness (QED) is 0.522. The molecule has 0 radical (unpaired) electrons. The molecule has 0 aliphatic carbocycles. The number of carbonyl (C=O) groups is 1. The van der Waals surface area contributed by atoms with Gasteiger partial charge in [0.2, 0.25) is 0 Å². The summed E-state index contributed by atoms with van der Waals surface area (Å²) in [5, 5.41) is 0. The Morgan fingerprint density at radius 3 is 2.48 bits per heavy atom. The monoisotopic (exact) mass is 349 g/mol. The lowest BCUT2D eigenvalue weighted by Gasteiger charge is -2.32. The van der Waals surface area contributed by atoms with E-state index in [1.807, 2.05) is 53.4 Å². The minimum Gasteiger partial charge on any atom is -0.296 e. The molecule has 3 aromatic rings. The van der Waals surface area contributed by atoms with Gasteiger partial charge < -0.3 is 0 Å². The molecule has 130 valence electrons. The molecule has 0 bridgehead atoms. The summed E-state index contributed by atoms with van der Waals surface area (Å²) < 4.78 is 0. The van der Waals surface area contributed by atoms with E-state index in [1.165, 1.54) is 5.56 Å². The maximum atomic E-state index is 13.2. The molecule has 0 aromatic heterocycles. The highest BCUT2D eigenvalue weighted by Gasteiger charge is 2.57. The van der Waals surface area contributed by atoms with Crippen molar-refractivity contribution >= 4 is 11.6 Å². The first kappa shape index (κ1) is 15.9. The van der Waals surface area contributed by atoms with Gasteiger partial charge in [-0.3, -0.25) is 9.69 Å². The standard InChI is InChI=1S/C25H19NO/c1-17-9-3-4-10-18(17)15-16-22-19-11-6-8-14-23(19)26-24(27)20-12-5-7-13-21(20)25(22,26)2/h3-14,22H,1-2H3/t22-,25-/m1/s1. The lowest BCUT2D eigenvalue weighted by atomic mass is 9.79. The van der Waals surface area contributed by atoms with Gasteiger partial charge in [-0.1, -0.05) is 66.4 Å².